The first-order valence-electron chi connectivity index (χ1n) is 16.8. The Morgan fingerprint density at radius 2 is 1.22 bits per heavy atom. The lowest BCUT2D eigenvalue weighted by Gasteiger charge is -2.19. The van der Waals surface area contributed by atoms with Crippen LogP contribution in [0.3, 0.4) is 0 Å². The average Bonchev–Trinajstić information content (AvgIpc) is 3.49. The molecule has 1 aliphatic rings. The van der Waals surface area contributed by atoms with E-state index in [2.05, 4.69) is 25.7 Å². The molecular formula is C33H62NO7. The highest BCUT2D eigenvalue weighted by molar-refractivity contribution is 5.69. The highest BCUT2D eigenvalue weighted by atomic mass is 16.7. The SMILES string of the molecule is [CH2]C(COC(=O)CCC(OCCCCCCCC)OCCCCCCCC)COC(=O)OCCCCN1CCCC1. The summed E-state index contributed by atoms with van der Waals surface area (Å²) in [6, 6.07) is 0. The molecule has 0 bridgehead atoms. The largest absolute Gasteiger partial charge is 0.508 e. The van der Waals surface area contributed by atoms with Crippen LogP contribution in [-0.4, -0.2) is 76.0 Å². The minimum atomic E-state index is -0.695. The normalized spacial score (nSPS) is 14.4. The van der Waals surface area contributed by atoms with Crippen molar-refractivity contribution < 1.29 is 33.3 Å². The van der Waals surface area contributed by atoms with E-state index in [1.165, 1.54) is 77.3 Å². The molecule has 1 heterocycles. The van der Waals surface area contributed by atoms with Crippen LogP contribution in [0.4, 0.5) is 4.79 Å². The number of carbonyl (C=O) groups excluding carboxylic acids is 2. The number of likely N-dealkylation sites (tertiary alicyclic amines) is 1. The standard InChI is InChI=1S/C33H62NO7/c1-4-6-8-10-12-17-25-37-32(38-26-18-13-11-9-7-5-2)21-20-31(35)40-28-30(3)29-41-33(36)39-27-19-16-24-34-22-14-15-23-34/h30,32H,3-29H2,1-2H3. The number of carbonyl (C=O) groups is 2. The van der Waals surface area contributed by atoms with Gasteiger partial charge in [0.15, 0.2) is 6.29 Å². The molecule has 241 valence electrons. The van der Waals surface area contributed by atoms with E-state index >= 15 is 0 Å². The van der Waals surface area contributed by atoms with E-state index in [1.54, 1.807) is 0 Å². The first-order chi connectivity index (χ1) is 20.0. The van der Waals surface area contributed by atoms with Crippen molar-refractivity contribution in [3.63, 3.8) is 0 Å². The third-order valence-corrected chi connectivity index (χ3v) is 7.39. The first kappa shape index (κ1) is 37.6. The average molecular weight is 585 g/mol. The number of nitrogens with zero attached hydrogens (tertiary/aromatic N) is 1. The van der Waals surface area contributed by atoms with Gasteiger partial charge in [-0.15, -0.1) is 0 Å². The molecule has 0 aliphatic carbocycles. The van der Waals surface area contributed by atoms with Gasteiger partial charge in [0.25, 0.3) is 0 Å². The summed E-state index contributed by atoms with van der Waals surface area (Å²) < 4.78 is 27.6. The zero-order chi connectivity index (χ0) is 29.8. The van der Waals surface area contributed by atoms with E-state index in [9.17, 15) is 9.59 Å². The van der Waals surface area contributed by atoms with Crippen molar-refractivity contribution in [2.75, 3.05) is 52.7 Å². The van der Waals surface area contributed by atoms with Crippen LogP contribution in [0.1, 0.15) is 129 Å². The van der Waals surface area contributed by atoms with E-state index in [-0.39, 0.29) is 31.5 Å². The maximum absolute atomic E-state index is 12.3. The van der Waals surface area contributed by atoms with Crippen LogP contribution >= 0.6 is 0 Å². The Bertz CT molecular complexity index is 594. The minimum absolute atomic E-state index is 0.0469. The summed E-state index contributed by atoms with van der Waals surface area (Å²) in [5, 5.41) is 0. The Balaban J connectivity index is 2.16. The van der Waals surface area contributed by atoms with E-state index in [4.69, 9.17) is 23.7 Å². The fraction of sp³-hybridized carbons (Fsp3) is 0.909. The Morgan fingerprint density at radius 3 is 1.83 bits per heavy atom. The van der Waals surface area contributed by atoms with Gasteiger partial charge in [-0.25, -0.2) is 4.79 Å². The van der Waals surface area contributed by atoms with Crippen LogP contribution in [0.2, 0.25) is 0 Å². The second kappa shape index (κ2) is 27.5. The highest BCUT2D eigenvalue weighted by Crippen LogP contribution is 2.12. The molecule has 8 nitrogen and oxygen atoms in total. The smallest absolute Gasteiger partial charge is 0.465 e. The molecule has 1 rings (SSSR count). The van der Waals surface area contributed by atoms with Gasteiger partial charge in [0, 0.05) is 25.6 Å². The Hall–Kier alpha value is -1.38. The molecule has 1 unspecified atom stereocenters. The number of rotatable bonds is 28. The minimum Gasteiger partial charge on any atom is -0.465 e. The second-order valence-corrected chi connectivity index (χ2v) is 11.5. The Kier molecular flexibility index (Phi) is 25.2. The van der Waals surface area contributed by atoms with Crippen LogP contribution in [0.5, 0.6) is 0 Å². The number of hydrogen-bond acceptors (Lipinski definition) is 8. The van der Waals surface area contributed by atoms with E-state index in [0.717, 1.165) is 45.1 Å². The lowest BCUT2D eigenvalue weighted by Crippen LogP contribution is -2.23. The lowest BCUT2D eigenvalue weighted by atomic mass is 10.1. The molecule has 0 amide bonds. The summed E-state index contributed by atoms with van der Waals surface area (Å²) in [6.07, 6.45) is 18.4. The molecule has 41 heavy (non-hydrogen) atoms. The number of unbranched alkanes of at least 4 members (excludes halogenated alkanes) is 11. The van der Waals surface area contributed by atoms with Crippen molar-refractivity contribution in [2.24, 2.45) is 5.92 Å². The molecule has 0 N–H and O–H groups in total. The van der Waals surface area contributed by atoms with E-state index in [1.807, 2.05) is 0 Å². The molecule has 1 fully saturated rings. The molecule has 0 aromatic heterocycles. The lowest BCUT2D eigenvalue weighted by molar-refractivity contribution is -0.160. The summed E-state index contributed by atoms with van der Waals surface area (Å²) in [6.45, 7) is 13.6. The molecular weight excluding hydrogens is 522 g/mol. The van der Waals surface area contributed by atoms with Gasteiger partial charge in [-0.1, -0.05) is 78.1 Å². The third kappa shape index (κ3) is 23.8. The van der Waals surface area contributed by atoms with Gasteiger partial charge in [-0.2, -0.15) is 0 Å². The number of ether oxygens (including phenoxy) is 5. The summed E-state index contributed by atoms with van der Waals surface area (Å²) in [7, 11) is 0. The van der Waals surface area contributed by atoms with Crippen molar-refractivity contribution in [3.05, 3.63) is 6.92 Å². The van der Waals surface area contributed by atoms with Crippen LogP contribution in [0, 0.1) is 12.8 Å². The molecule has 1 aliphatic heterocycles. The zero-order valence-corrected chi connectivity index (χ0v) is 26.6. The molecule has 0 aromatic rings. The monoisotopic (exact) mass is 584 g/mol. The number of hydrogen-bond donors (Lipinski definition) is 0. The fourth-order valence-electron chi connectivity index (χ4n) is 4.80. The number of esters is 1. The van der Waals surface area contributed by atoms with Crippen LogP contribution < -0.4 is 0 Å². The molecule has 1 atom stereocenters. The van der Waals surface area contributed by atoms with Gasteiger partial charge < -0.3 is 28.6 Å². The molecule has 0 spiro atoms. The van der Waals surface area contributed by atoms with Crippen LogP contribution in [0.25, 0.3) is 0 Å². The van der Waals surface area contributed by atoms with E-state index < -0.39 is 12.4 Å². The molecule has 8 heteroatoms. The highest BCUT2D eigenvalue weighted by Gasteiger charge is 2.16. The first-order valence-corrected chi connectivity index (χ1v) is 16.8. The van der Waals surface area contributed by atoms with Crippen LogP contribution in [0.15, 0.2) is 0 Å². The van der Waals surface area contributed by atoms with Crippen LogP contribution in [-0.2, 0) is 28.5 Å². The molecule has 0 saturated carbocycles. The van der Waals surface area contributed by atoms with Gasteiger partial charge in [-0.05, 0) is 65.1 Å². The Morgan fingerprint density at radius 1 is 0.683 bits per heavy atom. The maximum atomic E-state index is 12.3. The van der Waals surface area contributed by atoms with Gasteiger partial charge in [0.1, 0.15) is 6.61 Å². The van der Waals surface area contributed by atoms with E-state index in [0.29, 0.717) is 26.2 Å². The molecule has 1 saturated heterocycles. The second-order valence-electron chi connectivity index (χ2n) is 11.5. The van der Waals surface area contributed by atoms with Gasteiger partial charge >= 0.3 is 12.1 Å². The van der Waals surface area contributed by atoms with Crippen molar-refractivity contribution in [2.45, 2.75) is 136 Å². The summed E-state index contributed by atoms with van der Waals surface area (Å²) >= 11 is 0. The van der Waals surface area contributed by atoms with Crippen molar-refractivity contribution >= 4 is 12.1 Å². The summed E-state index contributed by atoms with van der Waals surface area (Å²) in [5.74, 6) is -0.680. The predicted octanol–water partition coefficient (Wildman–Crippen LogP) is 7.87. The fourth-order valence-corrected chi connectivity index (χ4v) is 4.80. The molecule has 0 aromatic carbocycles. The topological polar surface area (TPSA) is 83.5 Å². The van der Waals surface area contributed by atoms with Crippen molar-refractivity contribution in [3.8, 4) is 0 Å². The van der Waals surface area contributed by atoms with Crippen molar-refractivity contribution in [1.82, 2.24) is 4.90 Å². The molecule has 1 radical (unpaired) electrons. The van der Waals surface area contributed by atoms with Crippen molar-refractivity contribution in [1.29, 1.82) is 0 Å². The third-order valence-electron chi connectivity index (χ3n) is 7.39. The van der Waals surface area contributed by atoms with Gasteiger partial charge in [-0.3, -0.25) is 4.79 Å². The van der Waals surface area contributed by atoms with Gasteiger partial charge in [0.2, 0.25) is 0 Å². The maximum Gasteiger partial charge on any atom is 0.508 e. The predicted molar refractivity (Wildman–Crippen MR) is 164 cm³/mol. The summed E-state index contributed by atoms with van der Waals surface area (Å²) in [4.78, 5) is 26.6. The summed E-state index contributed by atoms with van der Waals surface area (Å²) in [5.41, 5.74) is 0. The quantitative estimate of drug-likeness (QED) is 0.0522. The van der Waals surface area contributed by atoms with Gasteiger partial charge in [0.05, 0.1) is 19.6 Å². The zero-order valence-electron chi connectivity index (χ0n) is 26.6. The Labute approximate surface area is 251 Å².